The van der Waals surface area contributed by atoms with E-state index in [0.717, 1.165) is 17.0 Å². The molecule has 4 rings (SSSR count). The van der Waals surface area contributed by atoms with Crippen LogP contribution >= 0.6 is 0 Å². The Morgan fingerprint density at radius 2 is 1.36 bits per heavy atom. The molecule has 4 aromatic rings. The zero-order valence-corrected chi connectivity index (χ0v) is 11.7. The first kappa shape index (κ1) is 12.5. The lowest BCUT2D eigenvalue weighted by atomic mass is 10.2. The number of anilines is 1. The van der Waals surface area contributed by atoms with E-state index in [1.807, 2.05) is 60.7 Å². The minimum atomic E-state index is 0.377. The van der Waals surface area contributed by atoms with E-state index in [4.69, 9.17) is 5.73 Å². The van der Waals surface area contributed by atoms with Crippen LogP contribution in [-0.2, 0) is 0 Å². The summed E-state index contributed by atoms with van der Waals surface area (Å²) in [7, 11) is 0. The Kier molecular flexibility index (Phi) is 2.83. The van der Waals surface area contributed by atoms with E-state index in [9.17, 15) is 0 Å². The van der Waals surface area contributed by atoms with Crippen LogP contribution in [0, 0.1) is 0 Å². The Balaban J connectivity index is 1.88. The molecule has 0 atom stereocenters. The Morgan fingerprint density at radius 3 is 2.05 bits per heavy atom. The van der Waals surface area contributed by atoms with Crippen molar-refractivity contribution in [2.45, 2.75) is 0 Å². The minimum Gasteiger partial charge on any atom is -0.382 e. The van der Waals surface area contributed by atoms with E-state index >= 15 is 0 Å². The Morgan fingerprint density at radius 1 is 0.727 bits per heavy atom. The van der Waals surface area contributed by atoms with Gasteiger partial charge in [-0.15, -0.1) is 0 Å². The summed E-state index contributed by atoms with van der Waals surface area (Å²) in [6, 6.07) is 19.6. The monoisotopic (exact) mass is 287 g/mol. The van der Waals surface area contributed by atoms with Crippen LogP contribution in [0.5, 0.6) is 0 Å². The second-order valence-electron chi connectivity index (χ2n) is 4.95. The van der Waals surface area contributed by atoms with E-state index in [0.29, 0.717) is 22.8 Å². The maximum atomic E-state index is 6.05. The van der Waals surface area contributed by atoms with Crippen LogP contribution in [0.1, 0.15) is 0 Å². The predicted molar refractivity (Wildman–Crippen MR) is 87.0 cm³/mol. The summed E-state index contributed by atoms with van der Waals surface area (Å²) < 4.78 is 0. The SMILES string of the molecule is Nc1nc(-c2ccccc2)nc2[nH]c(-c3ccccc3)nc12. The standard InChI is InChI=1S/C17H13N5/c18-14-13-17(21-15(19-13)11-7-3-1-4-8-11)22-16(20-14)12-9-5-2-6-10-12/h1-10H,(H3,18,19,20,21,22). The van der Waals surface area contributed by atoms with Crippen LogP contribution in [0.3, 0.4) is 0 Å². The van der Waals surface area contributed by atoms with Crippen LogP contribution in [-0.4, -0.2) is 19.9 Å². The van der Waals surface area contributed by atoms with Crippen LogP contribution in [0.15, 0.2) is 60.7 Å². The van der Waals surface area contributed by atoms with Gasteiger partial charge in [0.15, 0.2) is 22.8 Å². The van der Waals surface area contributed by atoms with E-state index in [-0.39, 0.29) is 0 Å². The molecule has 0 fully saturated rings. The number of nitrogens with one attached hydrogen (secondary N) is 1. The molecule has 0 saturated heterocycles. The van der Waals surface area contributed by atoms with Gasteiger partial charge in [-0.05, 0) is 0 Å². The number of H-pyrrole nitrogens is 1. The molecule has 0 amide bonds. The first-order valence-corrected chi connectivity index (χ1v) is 6.95. The molecular weight excluding hydrogens is 274 g/mol. The van der Waals surface area contributed by atoms with Crippen molar-refractivity contribution in [1.29, 1.82) is 0 Å². The fraction of sp³-hybridized carbons (Fsp3) is 0. The number of aromatic amines is 1. The molecule has 0 aliphatic carbocycles. The van der Waals surface area contributed by atoms with Crippen molar-refractivity contribution in [3.05, 3.63) is 60.7 Å². The van der Waals surface area contributed by atoms with Gasteiger partial charge < -0.3 is 10.7 Å². The first-order valence-electron chi connectivity index (χ1n) is 6.95. The average Bonchev–Trinajstić information content (AvgIpc) is 3.01. The summed E-state index contributed by atoms with van der Waals surface area (Å²) >= 11 is 0. The van der Waals surface area contributed by atoms with Crippen molar-refractivity contribution in [3.8, 4) is 22.8 Å². The number of fused-ring (bicyclic) bond motifs is 1. The van der Waals surface area contributed by atoms with Gasteiger partial charge in [0.25, 0.3) is 0 Å². The summed E-state index contributed by atoms with van der Waals surface area (Å²) in [5.41, 5.74) is 9.20. The third-order valence-electron chi connectivity index (χ3n) is 3.45. The lowest BCUT2D eigenvalue weighted by Gasteiger charge is -2.01. The van der Waals surface area contributed by atoms with E-state index < -0.39 is 0 Å². The molecule has 0 radical (unpaired) electrons. The number of nitrogens with zero attached hydrogens (tertiary/aromatic N) is 3. The van der Waals surface area contributed by atoms with E-state index in [1.165, 1.54) is 0 Å². The van der Waals surface area contributed by atoms with Gasteiger partial charge in [0.1, 0.15) is 5.82 Å². The van der Waals surface area contributed by atoms with Gasteiger partial charge in [-0.2, -0.15) is 0 Å². The molecule has 2 heterocycles. The second-order valence-corrected chi connectivity index (χ2v) is 4.95. The van der Waals surface area contributed by atoms with Crippen LogP contribution in [0.4, 0.5) is 5.82 Å². The molecule has 2 aromatic carbocycles. The lowest BCUT2D eigenvalue weighted by molar-refractivity contribution is 1.21. The number of nitrogens with two attached hydrogens (primary N) is 1. The van der Waals surface area contributed by atoms with Gasteiger partial charge in [0.05, 0.1) is 0 Å². The highest BCUT2D eigenvalue weighted by atomic mass is 15.1. The minimum absolute atomic E-state index is 0.377. The zero-order valence-electron chi connectivity index (χ0n) is 11.7. The predicted octanol–water partition coefficient (Wildman–Crippen LogP) is 3.27. The molecule has 0 aliphatic rings. The highest BCUT2D eigenvalue weighted by Gasteiger charge is 2.12. The number of rotatable bonds is 2. The van der Waals surface area contributed by atoms with Crippen molar-refractivity contribution in [2.75, 3.05) is 5.73 Å². The Labute approximate surface area is 126 Å². The molecule has 0 aliphatic heterocycles. The lowest BCUT2D eigenvalue weighted by Crippen LogP contribution is -1.97. The molecule has 22 heavy (non-hydrogen) atoms. The van der Waals surface area contributed by atoms with Crippen LogP contribution < -0.4 is 5.73 Å². The quantitative estimate of drug-likeness (QED) is 0.593. The van der Waals surface area contributed by atoms with Crippen molar-refractivity contribution in [1.82, 2.24) is 19.9 Å². The zero-order chi connectivity index (χ0) is 14.9. The summed E-state index contributed by atoms with van der Waals surface area (Å²) in [5, 5.41) is 0. The molecule has 0 spiro atoms. The topological polar surface area (TPSA) is 80.5 Å². The van der Waals surface area contributed by atoms with Gasteiger partial charge in [-0.1, -0.05) is 60.7 Å². The number of hydrogen-bond donors (Lipinski definition) is 2. The summed E-state index contributed by atoms with van der Waals surface area (Å²) in [6.45, 7) is 0. The molecule has 0 saturated carbocycles. The van der Waals surface area contributed by atoms with E-state index in [2.05, 4.69) is 19.9 Å². The van der Waals surface area contributed by atoms with Gasteiger partial charge in [-0.25, -0.2) is 15.0 Å². The third kappa shape index (κ3) is 2.09. The number of benzene rings is 2. The fourth-order valence-corrected chi connectivity index (χ4v) is 2.37. The smallest absolute Gasteiger partial charge is 0.164 e. The Bertz CT molecular complexity index is 929. The van der Waals surface area contributed by atoms with Gasteiger partial charge >= 0.3 is 0 Å². The number of imidazole rings is 1. The van der Waals surface area contributed by atoms with Crippen LogP contribution in [0.25, 0.3) is 33.9 Å². The summed E-state index contributed by atoms with van der Waals surface area (Å²) in [6.07, 6.45) is 0. The molecule has 0 unspecified atom stereocenters. The van der Waals surface area contributed by atoms with E-state index in [1.54, 1.807) is 0 Å². The molecular formula is C17H13N5. The highest BCUT2D eigenvalue weighted by molar-refractivity contribution is 5.86. The van der Waals surface area contributed by atoms with Crippen molar-refractivity contribution in [3.63, 3.8) is 0 Å². The number of nitrogen functional groups attached to an aromatic ring is 1. The first-order chi connectivity index (χ1) is 10.8. The van der Waals surface area contributed by atoms with Crippen LogP contribution in [0.2, 0.25) is 0 Å². The molecule has 3 N–H and O–H groups in total. The molecule has 5 heteroatoms. The average molecular weight is 287 g/mol. The fourth-order valence-electron chi connectivity index (χ4n) is 2.37. The molecule has 106 valence electrons. The van der Waals surface area contributed by atoms with Gasteiger partial charge in [-0.3, -0.25) is 0 Å². The highest BCUT2D eigenvalue weighted by Crippen LogP contribution is 2.24. The van der Waals surface area contributed by atoms with Crippen molar-refractivity contribution >= 4 is 17.0 Å². The van der Waals surface area contributed by atoms with Gasteiger partial charge in [0.2, 0.25) is 0 Å². The maximum absolute atomic E-state index is 6.05. The normalized spacial score (nSPS) is 10.9. The van der Waals surface area contributed by atoms with Gasteiger partial charge in [0, 0.05) is 11.1 Å². The largest absolute Gasteiger partial charge is 0.382 e. The third-order valence-corrected chi connectivity index (χ3v) is 3.45. The second kappa shape index (κ2) is 4.96. The summed E-state index contributed by atoms with van der Waals surface area (Å²) in [4.78, 5) is 16.6. The van der Waals surface area contributed by atoms with Crippen molar-refractivity contribution < 1.29 is 0 Å². The maximum Gasteiger partial charge on any atom is 0.164 e. The molecule has 2 aromatic heterocycles. The number of aromatic nitrogens is 4. The molecule has 0 bridgehead atoms. The Hall–Kier alpha value is -3.21. The molecule has 5 nitrogen and oxygen atoms in total. The summed E-state index contributed by atoms with van der Waals surface area (Å²) in [5.74, 6) is 1.71. The number of hydrogen-bond acceptors (Lipinski definition) is 4. The van der Waals surface area contributed by atoms with Crippen molar-refractivity contribution in [2.24, 2.45) is 0 Å².